The fraction of sp³-hybridized carbons (Fsp3) is 0.600. The van der Waals surface area contributed by atoms with Gasteiger partial charge in [-0.2, -0.15) is 0 Å². The summed E-state index contributed by atoms with van der Waals surface area (Å²) in [4.78, 5) is 0. The zero-order valence-electron chi connectivity index (χ0n) is 11.5. The third-order valence-corrected chi connectivity index (χ3v) is 3.26. The number of para-hydroxylation sites is 1. The number of hydrogen-bond donors (Lipinski definition) is 1. The monoisotopic (exact) mass is 249 g/mol. The first kappa shape index (κ1) is 13.4. The second-order valence-corrected chi connectivity index (χ2v) is 5.49. The van der Waals surface area contributed by atoms with E-state index in [9.17, 15) is 0 Å². The van der Waals surface area contributed by atoms with Crippen LogP contribution in [0.15, 0.2) is 24.3 Å². The van der Waals surface area contributed by atoms with Gasteiger partial charge in [0.2, 0.25) is 0 Å². The second-order valence-electron chi connectivity index (χ2n) is 5.49. The molecule has 1 aliphatic heterocycles. The molecule has 1 N–H and O–H groups in total. The Bertz CT molecular complexity index is 384. The minimum absolute atomic E-state index is 0.102. The summed E-state index contributed by atoms with van der Waals surface area (Å²) in [6, 6.07) is 8.22. The van der Waals surface area contributed by atoms with Crippen molar-refractivity contribution in [1.29, 1.82) is 0 Å². The number of ether oxygens (including phenoxy) is 2. The Morgan fingerprint density at radius 1 is 1.39 bits per heavy atom. The van der Waals surface area contributed by atoms with Crippen molar-refractivity contribution >= 4 is 0 Å². The first-order chi connectivity index (χ1) is 8.59. The van der Waals surface area contributed by atoms with Gasteiger partial charge >= 0.3 is 0 Å². The fourth-order valence-electron chi connectivity index (χ4n) is 2.13. The standard InChI is InChI=1S/C15H23NO2/c1-12(2)18-14-7-5-4-6-13(14)10-16-15(3)8-9-17-11-15/h4-7,12,16H,8-11H2,1-3H3. The molecule has 1 unspecified atom stereocenters. The van der Waals surface area contributed by atoms with Crippen molar-refractivity contribution < 1.29 is 9.47 Å². The molecule has 1 aromatic carbocycles. The van der Waals surface area contributed by atoms with E-state index in [0.29, 0.717) is 0 Å². The van der Waals surface area contributed by atoms with Gasteiger partial charge in [0.15, 0.2) is 0 Å². The van der Waals surface area contributed by atoms with E-state index in [1.165, 1.54) is 5.56 Å². The highest BCUT2D eigenvalue weighted by molar-refractivity contribution is 5.33. The summed E-state index contributed by atoms with van der Waals surface area (Å²) >= 11 is 0. The smallest absolute Gasteiger partial charge is 0.124 e. The van der Waals surface area contributed by atoms with Gasteiger partial charge in [-0.3, -0.25) is 0 Å². The van der Waals surface area contributed by atoms with Crippen molar-refractivity contribution in [3.63, 3.8) is 0 Å². The summed E-state index contributed by atoms with van der Waals surface area (Å²) < 4.78 is 11.3. The van der Waals surface area contributed by atoms with Gasteiger partial charge in [-0.05, 0) is 33.3 Å². The lowest BCUT2D eigenvalue weighted by Gasteiger charge is -2.24. The van der Waals surface area contributed by atoms with E-state index in [-0.39, 0.29) is 11.6 Å². The average molecular weight is 249 g/mol. The average Bonchev–Trinajstić information content (AvgIpc) is 2.75. The van der Waals surface area contributed by atoms with Crippen molar-refractivity contribution in [2.75, 3.05) is 13.2 Å². The van der Waals surface area contributed by atoms with Gasteiger partial charge < -0.3 is 14.8 Å². The zero-order valence-corrected chi connectivity index (χ0v) is 11.5. The molecule has 3 nitrogen and oxygen atoms in total. The highest BCUT2D eigenvalue weighted by Gasteiger charge is 2.28. The van der Waals surface area contributed by atoms with Gasteiger partial charge in [0.05, 0.1) is 12.7 Å². The van der Waals surface area contributed by atoms with Crippen molar-refractivity contribution in [2.24, 2.45) is 0 Å². The molecule has 1 fully saturated rings. The zero-order chi connectivity index (χ0) is 13.0. The predicted molar refractivity (Wildman–Crippen MR) is 72.9 cm³/mol. The molecule has 2 rings (SSSR count). The second kappa shape index (κ2) is 5.72. The largest absolute Gasteiger partial charge is 0.491 e. The molecular weight excluding hydrogens is 226 g/mol. The number of benzene rings is 1. The van der Waals surface area contributed by atoms with Gasteiger partial charge in [-0.15, -0.1) is 0 Å². The van der Waals surface area contributed by atoms with Crippen LogP contribution < -0.4 is 10.1 Å². The molecule has 1 saturated heterocycles. The molecule has 0 spiro atoms. The van der Waals surface area contributed by atoms with E-state index >= 15 is 0 Å². The van der Waals surface area contributed by atoms with Crippen LogP contribution >= 0.6 is 0 Å². The molecule has 0 bridgehead atoms. The third kappa shape index (κ3) is 3.47. The molecule has 0 aromatic heterocycles. The summed E-state index contributed by atoms with van der Waals surface area (Å²) in [6.07, 6.45) is 1.27. The highest BCUT2D eigenvalue weighted by atomic mass is 16.5. The van der Waals surface area contributed by atoms with Crippen LogP contribution in [0.3, 0.4) is 0 Å². The summed E-state index contributed by atoms with van der Waals surface area (Å²) in [5.74, 6) is 0.975. The Morgan fingerprint density at radius 3 is 2.83 bits per heavy atom. The van der Waals surface area contributed by atoms with Gasteiger partial charge in [0.1, 0.15) is 5.75 Å². The van der Waals surface area contributed by atoms with E-state index in [0.717, 1.165) is 31.9 Å². The first-order valence-corrected chi connectivity index (χ1v) is 6.66. The maximum absolute atomic E-state index is 5.82. The highest BCUT2D eigenvalue weighted by Crippen LogP contribution is 2.22. The fourth-order valence-corrected chi connectivity index (χ4v) is 2.13. The van der Waals surface area contributed by atoms with Crippen molar-refractivity contribution in [3.8, 4) is 5.75 Å². The number of hydrogen-bond acceptors (Lipinski definition) is 3. The molecule has 1 heterocycles. The van der Waals surface area contributed by atoms with E-state index in [1.807, 2.05) is 12.1 Å². The van der Waals surface area contributed by atoms with Crippen molar-refractivity contribution in [1.82, 2.24) is 5.32 Å². The lowest BCUT2D eigenvalue weighted by atomic mass is 10.0. The minimum atomic E-state index is 0.102. The topological polar surface area (TPSA) is 30.5 Å². The van der Waals surface area contributed by atoms with Gasteiger partial charge in [0, 0.05) is 24.3 Å². The lowest BCUT2D eigenvalue weighted by molar-refractivity contribution is 0.171. The SMILES string of the molecule is CC(C)Oc1ccccc1CNC1(C)CCOC1. The van der Waals surface area contributed by atoms with Crippen LogP contribution in [-0.4, -0.2) is 24.9 Å². The Labute approximate surface area is 109 Å². The molecule has 0 radical (unpaired) electrons. The van der Waals surface area contributed by atoms with Crippen LogP contribution in [0, 0.1) is 0 Å². The maximum Gasteiger partial charge on any atom is 0.124 e. The molecule has 0 aliphatic carbocycles. The van der Waals surface area contributed by atoms with Crippen molar-refractivity contribution in [2.45, 2.75) is 45.4 Å². The van der Waals surface area contributed by atoms with Gasteiger partial charge in [-0.1, -0.05) is 18.2 Å². The Hall–Kier alpha value is -1.06. The Kier molecular flexibility index (Phi) is 4.25. The van der Waals surface area contributed by atoms with Crippen LogP contribution in [0.1, 0.15) is 32.8 Å². The van der Waals surface area contributed by atoms with E-state index in [4.69, 9.17) is 9.47 Å². The lowest BCUT2D eigenvalue weighted by Crippen LogP contribution is -2.42. The van der Waals surface area contributed by atoms with E-state index in [1.54, 1.807) is 0 Å². The quantitative estimate of drug-likeness (QED) is 0.870. The summed E-state index contributed by atoms with van der Waals surface area (Å²) in [5.41, 5.74) is 1.31. The first-order valence-electron chi connectivity index (χ1n) is 6.66. The third-order valence-electron chi connectivity index (χ3n) is 3.26. The number of rotatable bonds is 5. The molecule has 18 heavy (non-hydrogen) atoms. The minimum Gasteiger partial charge on any atom is -0.491 e. The van der Waals surface area contributed by atoms with E-state index in [2.05, 4.69) is 38.2 Å². The summed E-state index contributed by atoms with van der Waals surface area (Å²) in [6.45, 7) is 8.79. The normalized spacial score (nSPS) is 23.6. The molecule has 3 heteroatoms. The maximum atomic E-state index is 5.82. The van der Waals surface area contributed by atoms with E-state index < -0.39 is 0 Å². The molecule has 0 saturated carbocycles. The predicted octanol–water partition coefficient (Wildman–Crippen LogP) is 2.74. The molecule has 0 amide bonds. The molecule has 1 aliphatic rings. The molecule has 100 valence electrons. The van der Waals surface area contributed by atoms with Crippen LogP contribution in [0.4, 0.5) is 0 Å². The number of nitrogens with one attached hydrogen (secondary N) is 1. The van der Waals surface area contributed by atoms with Gasteiger partial charge in [-0.25, -0.2) is 0 Å². The Morgan fingerprint density at radius 2 is 2.17 bits per heavy atom. The molecular formula is C15H23NO2. The molecule has 1 aromatic rings. The van der Waals surface area contributed by atoms with Crippen LogP contribution in [0.25, 0.3) is 0 Å². The van der Waals surface area contributed by atoms with Crippen LogP contribution in [-0.2, 0) is 11.3 Å². The Balaban J connectivity index is 2.00. The van der Waals surface area contributed by atoms with Crippen LogP contribution in [0.2, 0.25) is 0 Å². The summed E-state index contributed by atoms with van der Waals surface area (Å²) in [5, 5.41) is 3.58. The van der Waals surface area contributed by atoms with Crippen LogP contribution in [0.5, 0.6) is 5.75 Å². The van der Waals surface area contributed by atoms with Gasteiger partial charge in [0.25, 0.3) is 0 Å². The summed E-state index contributed by atoms with van der Waals surface area (Å²) in [7, 11) is 0. The molecule has 1 atom stereocenters. The van der Waals surface area contributed by atoms with Crippen molar-refractivity contribution in [3.05, 3.63) is 29.8 Å².